The molecular formula is C9H16N2O5S. The van der Waals surface area contributed by atoms with Gasteiger partial charge >= 0.3 is 12.0 Å². The molecule has 0 bridgehead atoms. The monoisotopic (exact) mass is 264 g/mol. The highest BCUT2D eigenvalue weighted by Crippen LogP contribution is 2.14. The van der Waals surface area contributed by atoms with Crippen LogP contribution in [0.2, 0.25) is 0 Å². The number of carboxylic acids is 1. The number of nitrogens with one attached hydrogen (secondary N) is 1. The Bertz CT molecular complexity index is 355. The number of primary amides is 1. The molecule has 0 fully saturated rings. The third kappa shape index (κ3) is 4.51. The van der Waals surface area contributed by atoms with Gasteiger partial charge in [0, 0.05) is 10.8 Å². The van der Waals surface area contributed by atoms with Gasteiger partial charge in [-0.3, -0.25) is 19.1 Å². The second-order valence-electron chi connectivity index (χ2n) is 3.83. The molecule has 0 aromatic rings. The van der Waals surface area contributed by atoms with Crippen LogP contribution < -0.4 is 11.1 Å². The van der Waals surface area contributed by atoms with Gasteiger partial charge in [0.25, 0.3) is 0 Å². The number of rotatable bonds is 5. The van der Waals surface area contributed by atoms with Crippen LogP contribution in [0.1, 0.15) is 20.8 Å². The number of carbonyl (C=O) groups excluding carboxylic acids is 2. The van der Waals surface area contributed by atoms with Crippen molar-refractivity contribution < 1.29 is 23.7 Å². The fourth-order valence-corrected chi connectivity index (χ4v) is 2.65. The van der Waals surface area contributed by atoms with E-state index in [1.807, 2.05) is 0 Å². The van der Waals surface area contributed by atoms with E-state index in [-0.39, 0.29) is 0 Å². The molecule has 3 amide bonds. The lowest BCUT2D eigenvalue weighted by molar-refractivity contribution is -0.137. The molecule has 0 aromatic carbocycles. The molecule has 0 saturated heterocycles. The summed E-state index contributed by atoms with van der Waals surface area (Å²) in [5, 5.41) is 8.40. The third-order valence-corrected chi connectivity index (χ3v) is 4.22. The summed E-state index contributed by atoms with van der Waals surface area (Å²) in [6.07, 6.45) is 0. The standard InChI is InChI=1S/C9H16N2O5S/c1-4(2)6(8(13)14)17(16)5(3)7(12)11-9(10)15/h4-6H,1-3H3,(H,13,14)(H3,10,11,12,15). The molecule has 4 N–H and O–H groups in total. The van der Waals surface area contributed by atoms with Crippen LogP contribution in [0.5, 0.6) is 0 Å². The summed E-state index contributed by atoms with van der Waals surface area (Å²) < 4.78 is 11.9. The normalized spacial score (nSPS) is 16.0. The SMILES string of the molecule is CC(C)C(C(=O)O)S(=O)C(C)C(=O)NC(N)=O. The van der Waals surface area contributed by atoms with E-state index in [9.17, 15) is 18.6 Å². The summed E-state index contributed by atoms with van der Waals surface area (Å²) in [6, 6.07) is -1.06. The number of amides is 3. The highest BCUT2D eigenvalue weighted by atomic mass is 32.2. The fraction of sp³-hybridized carbons (Fsp3) is 0.667. The zero-order valence-corrected chi connectivity index (χ0v) is 10.6. The van der Waals surface area contributed by atoms with Crippen LogP contribution in [0.4, 0.5) is 4.79 Å². The molecule has 0 rings (SSSR count). The van der Waals surface area contributed by atoms with E-state index in [2.05, 4.69) is 0 Å². The van der Waals surface area contributed by atoms with Crippen molar-refractivity contribution in [1.29, 1.82) is 0 Å². The minimum Gasteiger partial charge on any atom is -0.480 e. The highest BCUT2D eigenvalue weighted by Gasteiger charge is 2.34. The van der Waals surface area contributed by atoms with Crippen molar-refractivity contribution in [3.63, 3.8) is 0 Å². The van der Waals surface area contributed by atoms with Crippen LogP contribution in [-0.2, 0) is 20.4 Å². The topological polar surface area (TPSA) is 127 Å². The van der Waals surface area contributed by atoms with Gasteiger partial charge in [0.05, 0.1) is 0 Å². The van der Waals surface area contributed by atoms with Crippen molar-refractivity contribution in [3.05, 3.63) is 0 Å². The van der Waals surface area contributed by atoms with Gasteiger partial charge < -0.3 is 10.8 Å². The second kappa shape index (κ2) is 6.33. The maximum atomic E-state index is 11.9. The van der Waals surface area contributed by atoms with Crippen LogP contribution in [0.3, 0.4) is 0 Å². The van der Waals surface area contributed by atoms with E-state index in [0.717, 1.165) is 0 Å². The molecule has 0 spiro atoms. The Morgan fingerprint density at radius 3 is 2.00 bits per heavy atom. The highest BCUT2D eigenvalue weighted by molar-refractivity contribution is 7.87. The summed E-state index contributed by atoms with van der Waals surface area (Å²) in [7, 11) is -1.93. The number of aliphatic carboxylic acids is 1. The molecular weight excluding hydrogens is 248 g/mol. The number of nitrogens with two attached hydrogens (primary N) is 1. The lowest BCUT2D eigenvalue weighted by Gasteiger charge is -2.19. The number of imide groups is 1. The lowest BCUT2D eigenvalue weighted by Crippen LogP contribution is -2.46. The van der Waals surface area contributed by atoms with Gasteiger partial charge in [0.15, 0.2) is 0 Å². The maximum Gasteiger partial charge on any atom is 0.319 e. The van der Waals surface area contributed by atoms with Crippen LogP contribution in [0, 0.1) is 5.92 Å². The predicted octanol–water partition coefficient (Wildman–Crippen LogP) is -0.572. The van der Waals surface area contributed by atoms with Crippen molar-refractivity contribution in [2.45, 2.75) is 31.3 Å². The van der Waals surface area contributed by atoms with Crippen LogP contribution in [0.25, 0.3) is 0 Å². The van der Waals surface area contributed by atoms with Gasteiger partial charge in [-0.15, -0.1) is 0 Å². The first-order chi connectivity index (χ1) is 7.68. The molecule has 0 heterocycles. The van der Waals surface area contributed by atoms with E-state index in [0.29, 0.717) is 0 Å². The fourth-order valence-electron chi connectivity index (χ4n) is 1.20. The second-order valence-corrected chi connectivity index (χ2v) is 5.70. The lowest BCUT2D eigenvalue weighted by atomic mass is 10.1. The molecule has 3 atom stereocenters. The van der Waals surface area contributed by atoms with Gasteiger partial charge in [-0.2, -0.15) is 0 Å². The number of urea groups is 1. The number of hydrogen-bond acceptors (Lipinski definition) is 4. The Hall–Kier alpha value is -1.44. The molecule has 0 aliphatic heterocycles. The first-order valence-corrected chi connectivity index (χ1v) is 6.18. The molecule has 7 nitrogen and oxygen atoms in total. The Balaban J connectivity index is 4.84. The zero-order valence-electron chi connectivity index (χ0n) is 9.80. The van der Waals surface area contributed by atoms with E-state index in [1.54, 1.807) is 19.2 Å². The van der Waals surface area contributed by atoms with Crippen molar-refractivity contribution in [2.75, 3.05) is 0 Å². The summed E-state index contributed by atoms with van der Waals surface area (Å²) in [6.45, 7) is 4.47. The van der Waals surface area contributed by atoms with E-state index < -0.39 is 45.1 Å². The predicted molar refractivity (Wildman–Crippen MR) is 61.6 cm³/mol. The Morgan fingerprint density at radius 1 is 1.24 bits per heavy atom. The van der Waals surface area contributed by atoms with Crippen molar-refractivity contribution >= 4 is 28.7 Å². The summed E-state index contributed by atoms with van der Waals surface area (Å²) in [5.41, 5.74) is 4.74. The summed E-state index contributed by atoms with van der Waals surface area (Å²) in [5.74, 6) is -2.48. The molecule has 0 aliphatic carbocycles. The van der Waals surface area contributed by atoms with Gasteiger partial charge in [-0.1, -0.05) is 13.8 Å². The van der Waals surface area contributed by atoms with Gasteiger partial charge in [0.2, 0.25) is 5.91 Å². The summed E-state index contributed by atoms with van der Waals surface area (Å²) in [4.78, 5) is 32.7. The van der Waals surface area contributed by atoms with E-state index in [1.165, 1.54) is 6.92 Å². The first kappa shape index (κ1) is 15.6. The van der Waals surface area contributed by atoms with Crippen LogP contribution >= 0.6 is 0 Å². The quantitative estimate of drug-likeness (QED) is 0.612. The van der Waals surface area contributed by atoms with E-state index in [4.69, 9.17) is 10.8 Å². The number of carboxylic acid groups (broad SMARTS) is 1. The Labute approximate surface area is 101 Å². The largest absolute Gasteiger partial charge is 0.480 e. The summed E-state index contributed by atoms with van der Waals surface area (Å²) >= 11 is 0. The average Bonchev–Trinajstić information content (AvgIpc) is 2.13. The maximum absolute atomic E-state index is 11.9. The average molecular weight is 264 g/mol. The zero-order chi connectivity index (χ0) is 13.7. The molecule has 0 saturated carbocycles. The molecule has 17 heavy (non-hydrogen) atoms. The van der Waals surface area contributed by atoms with Crippen molar-refractivity contribution in [1.82, 2.24) is 5.32 Å². The Morgan fingerprint density at radius 2 is 1.71 bits per heavy atom. The van der Waals surface area contributed by atoms with Crippen LogP contribution in [0.15, 0.2) is 0 Å². The van der Waals surface area contributed by atoms with E-state index >= 15 is 0 Å². The molecule has 98 valence electrons. The van der Waals surface area contributed by atoms with Gasteiger partial charge in [-0.05, 0) is 12.8 Å². The molecule has 0 aliphatic rings. The minimum absolute atomic E-state index is 0.392. The molecule has 0 radical (unpaired) electrons. The van der Waals surface area contributed by atoms with Crippen molar-refractivity contribution in [3.8, 4) is 0 Å². The van der Waals surface area contributed by atoms with Crippen LogP contribution in [-0.4, -0.2) is 37.7 Å². The van der Waals surface area contributed by atoms with Gasteiger partial charge in [-0.25, -0.2) is 4.79 Å². The first-order valence-electron chi connectivity index (χ1n) is 4.91. The smallest absolute Gasteiger partial charge is 0.319 e. The molecule has 8 heteroatoms. The molecule has 3 unspecified atom stereocenters. The third-order valence-electron chi connectivity index (χ3n) is 2.06. The van der Waals surface area contributed by atoms with Crippen molar-refractivity contribution in [2.24, 2.45) is 11.7 Å². The van der Waals surface area contributed by atoms with Gasteiger partial charge in [0.1, 0.15) is 10.5 Å². The number of carbonyl (C=O) groups is 3. The minimum atomic E-state index is -1.93. The Kier molecular flexibility index (Phi) is 5.80. The molecule has 0 aromatic heterocycles. The number of hydrogen-bond donors (Lipinski definition) is 3.